The first-order valence-electron chi connectivity index (χ1n) is 8.99. The van der Waals surface area contributed by atoms with Crippen molar-refractivity contribution in [1.82, 2.24) is 14.5 Å². The van der Waals surface area contributed by atoms with Gasteiger partial charge in [-0.2, -0.15) is 0 Å². The summed E-state index contributed by atoms with van der Waals surface area (Å²) < 4.78 is 1.73. The van der Waals surface area contributed by atoms with Gasteiger partial charge in [-0.1, -0.05) is 50.1 Å². The number of H-pyrrole nitrogens is 1. The molecule has 0 atom stereocenters. The molecule has 1 aromatic carbocycles. The van der Waals surface area contributed by atoms with E-state index in [0.29, 0.717) is 28.3 Å². The number of ketones is 1. The number of carbonyl (C=O) groups excluding carboxylic acids is 1. The molecule has 0 spiro atoms. The maximum Gasteiger partial charge on any atom is 0.262 e. The van der Waals surface area contributed by atoms with Crippen LogP contribution < -0.4 is 5.56 Å². The standard InChI is InChI=1S/C20H23N3O2S/c1-2-3-4-7-13-23-19(25)15-9-5-6-10-16(15)22-20(23)26-14-18(24)17-11-8-12-21-17/h5-6,8-12,21H,2-4,7,13-14H2,1H3. The molecule has 136 valence electrons. The molecule has 1 N–H and O–H groups in total. The van der Waals surface area contributed by atoms with Gasteiger partial charge >= 0.3 is 0 Å². The number of thioether (sulfide) groups is 1. The first kappa shape index (κ1) is 18.5. The van der Waals surface area contributed by atoms with Crippen molar-refractivity contribution in [3.05, 3.63) is 58.6 Å². The number of fused-ring (bicyclic) bond motifs is 1. The number of unbranched alkanes of at least 4 members (excludes halogenated alkanes) is 3. The van der Waals surface area contributed by atoms with Gasteiger partial charge in [-0.3, -0.25) is 14.2 Å². The van der Waals surface area contributed by atoms with E-state index < -0.39 is 0 Å². The Balaban J connectivity index is 1.85. The van der Waals surface area contributed by atoms with Crippen LogP contribution in [0.15, 0.2) is 52.5 Å². The fourth-order valence-electron chi connectivity index (χ4n) is 2.86. The lowest BCUT2D eigenvalue weighted by atomic mass is 10.2. The quantitative estimate of drug-likeness (QED) is 0.265. The van der Waals surface area contributed by atoms with E-state index >= 15 is 0 Å². The molecule has 0 fully saturated rings. The van der Waals surface area contributed by atoms with Crippen molar-refractivity contribution in [2.45, 2.75) is 44.3 Å². The van der Waals surface area contributed by atoms with Crippen LogP contribution in [-0.4, -0.2) is 26.1 Å². The smallest absolute Gasteiger partial charge is 0.262 e. The fraction of sp³-hybridized carbons (Fsp3) is 0.350. The number of benzene rings is 1. The third-order valence-electron chi connectivity index (χ3n) is 4.29. The van der Waals surface area contributed by atoms with Gasteiger partial charge in [0.15, 0.2) is 10.9 Å². The largest absolute Gasteiger partial charge is 0.359 e. The number of rotatable bonds is 9. The monoisotopic (exact) mass is 369 g/mol. The van der Waals surface area contributed by atoms with Crippen LogP contribution in [0.25, 0.3) is 10.9 Å². The summed E-state index contributed by atoms with van der Waals surface area (Å²) >= 11 is 1.33. The van der Waals surface area contributed by atoms with Gasteiger partial charge in [-0.15, -0.1) is 0 Å². The van der Waals surface area contributed by atoms with Gasteiger partial charge in [-0.25, -0.2) is 4.98 Å². The molecule has 0 unspecified atom stereocenters. The summed E-state index contributed by atoms with van der Waals surface area (Å²) in [5, 5.41) is 1.24. The average molecular weight is 369 g/mol. The first-order chi connectivity index (χ1) is 12.7. The van der Waals surface area contributed by atoms with Crippen molar-refractivity contribution in [1.29, 1.82) is 0 Å². The zero-order valence-electron chi connectivity index (χ0n) is 14.9. The molecule has 3 aromatic rings. The van der Waals surface area contributed by atoms with E-state index in [4.69, 9.17) is 0 Å². The molecule has 0 amide bonds. The van der Waals surface area contributed by atoms with Gasteiger partial charge in [0.25, 0.3) is 5.56 Å². The number of para-hydroxylation sites is 1. The topological polar surface area (TPSA) is 67.8 Å². The van der Waals surface area contributed by atoms with Gasteiger partial charge in [-0.05, 0) is 30.7 Å². The van der Waals surface area contributed by atoms with Gasteiger partial charge in [0.2, 0.25) is 0 Å². The number of hydrogen-bond acceptors (Lipinski definition) is 4. The lowest BCUT2D eigenvalue weighted by molar-refractivity contribution is 0.101. The highest BCUT2D eigenvalue weighted by Crippen LogP contribution is 2.19. The Morgan fingerprint density at radius 2 is 2.00 bits per heavy atom. The molecule has 0 aliphatic heterocycles. The van der Waals surface area contributed by atoms with Crippen LogP contribution in [0.5, 0.6) is 0 Å². The van der Waals surface area contributed by atoms with Crippen molar-refractivity contribution >= 4 is 28.4 Å². The second-order valence-electron chi connectivity index (χ2n) is 6.22. The third-order valence-corrected chi connectivity index (χ3v) is 5.27. The lowest BCUT2D eigenvalue weighted by Crippen LogP contribution is -2.24. The van der Waals surface area contributed by atoms with Gasteiger partial charge in [0.1, 0.15) is 0 Å². The molecule has 0 bridgehead atoms. The molecule has 6 heteroatoms. The van der Waals surface area contributed by atoms with Crippen molar-refractivity contribution in [3.63, 3.8) is 0 Å². The highest BCUT2D eigenvalue weighted by atomic mass is 32.2. The molecule has 2 aromatic heterocycles. The van der Waals surface area contributed by atoms with Crippen LogP contribution in [0, 0.1) is 0 Å². The number of hydrogen-bond donors (Lipinski definition) is 1. The van der Waals surface area contributed by atoms with Gasteiger partial charge in [0.05, 0.1) is 22.3 Å². The third kappa shape index (κ3) is 4.25. The number of nitrogens with zero attached hydrogens (tertiary/aromatic N) is 2. The summed E-state index contributed by atoms with van der Waals surface area (Å²) in [6.07, 6.45) is 6.06. The average Bonchev–Trinajstić information content (AvgIpc) is 3.20. The molecule has 0 saturated heterocycles. The van der Waals surface area contributed by atoms with E-state index in [2.05, 4.69) is 16.9 Å². The van der Waals surface area contributed by atoms with Crippen molar-refractivity contribution in [2.75, 3.05) is 5.75 Å². The highest BCUT2D eigenvalue weighted by Gasteiger charge is 2.14. The predicted octanol–water partition coefficient (Wildman–Crippen LogP) is 4.28. The first-order valence-corrected chi connectivity index (χ1v) is 9.98. The minimum Gasteiger partial charge on any atom is -0.359 e. The predicted molar refractivity (Wildman–Crippen MR) is 106 cm³/mol. The van der Waals surface area contributed by atoms with E-state index in [1.54, 1.807) is 22.9 Å². The molecular weight excluding hydrogens is 346 g/mol. The molecule has 0 aliphatic rings. The zero-order chi connectivity index (χ0) is 18.4. The summed E-state index contributed by atoms with van der Waals surface area (Å²) in [6, 6.07) is 10.9. The van der Waals surface area contributed by atoms with Crippen LogP contribution in [0.1, 0.15) is 43.1 Å². The number of Topliss-reactive ketones (excluding diaryl/α,β-unsaturated/α-hetero) is 1. The maximum atomic E-state index is 12.9. The Bertz CT molecular complexity index is 932. The minimum absolute atomic E-state index is 0.0000550. The minimum atomic E-state index is -0.0260. The molecule has 2 heterocycles. The normalized spacial score (nSPS) is 11.1. The number of carbonyl (C=O) groups is 1. The van der Waals surface area contributed by atoms with Crippen LogP contribution in [0.2, 0.25) is 0 Å². The second kappa shape index (κ2) is 8.85. The van der Waals surface area contributed by atoms with Crippen LogP contribution >= 0.6 is 11.8 Å². The Kier molecular flexibility index (Phi) is 6.28. The molecule has 0 radical (unpaired) electrons. The fourth-order valence-corrected chi connectivity index (χ4v) is 3.77. The van der Waals surface area contributed by atoms with Gasteiger partial charge < -0.3 is 4.98 Å². The van der Waals surface area contributed by atoms with E-state index in [1.807, 2.05) is 24.3 Å². The number of aromatic nitrogens is 3. The summed E-state index contributed by atoms with van der Waals surface area (Å²) in [4.78, 5) is 32.8. The van der Waals surface area contributed by atoms with Crippen LogP contribution in [0.4, 0.5) is 0 Å². The Morgan fingerprint density at radius 3 is 2.77 bits per heavy atom. The Labute approximate surface area is 156 Å². The highest BCUT2D eigenvalue weighted by molar-refractivity contribution is 7.99. The summed E-state index contributed by atoms with van der Waals surface area (Å²) in [5.41, 5.74) is 1.23. The summed E-state index contributed by atoms with van der Waals surface area (Å²) in [7, 11) is 0. The van der Waals surface area contributed by atoms with Crippen molar-refractivity contribution in [2.24, 2.45) is 0 Å². The number of aromatic amines is 1. The molecule has 5 nitrogen and oxygen atoms in total. The summed E-state index contributed by atoms with van der Waals surface area (Å²) in [6.45, 7) is 2.80. The Morgan fingerprint density at radius 1 is 1.15 bits per heavy atom. The number of nitrogens with one attached hydrogen (secondary N) is 1. The summed E-state index contributed by atoms with van der Waals surface area (Å²) in [5.74, 6) is 0.250. The van der Waals surface area contributed by atoms with Crippen LogP contribution in [-0.2, 0) is 6.54 Å². The van der Waals surface area contributed by atoms with Crippen molar-refractivity contribution < 1.29 is 4.79 Å². The van der Waals surface area contributed by atoms with E-state index in [1.165, 1.54) is 11.8 Å². The van der Waals surface area contributed by atoms with Gasteiger partial charge in [0, 0.05) is 12.7 Å². The van der Waals surface area contributed by atoms with E-state index in [0.717, 1.165) is 25.7 Å². The molecule has 3 rings (SSSR count). The maximum absolute atomic E-state index is 12.9. The van der Waals surface area contributed by atoms with E-state index in [-0.39, 0.29) is 17.1 Å². The van der Waals surface area contributed by atoms with Crippen molar-refractivity contribution in [3.8, 4) is 0 Å². The SMILES string of the molecule is CCCCCCn1c(SCC(=O)c2ccc[nH]2)nc2ccccc2c1=O. The molecule has 0 saturated carbocycles. The van der Waals surface area contributed by atoms with Crippen LogP contribution in [0.3, 0.4) is 0 Å². The van der Waals surface area contributed by atoms with E-state index in [9.17, 15) is 9.59 Å². The Hall–Kier alpha value is -2.34. The second-order valence-corrected chi connectivity index (χ2v) is 7.17. The molecular formula is C20H23N3O2S. The molecule has 26 heavy (non-hydrogen) atoms. The molecule has 0 aliphatic carbocycles. The zero-order valence-corrected chi connectivity index (χ0v) is 15.7. The lowest BCUT2D eigenvalue weighted by Gasteiger charge is -2.12.